The van der Waals surface area contributed by atoms with Crippen LogP contribution in [0.1, 0.15) is 11.1 Å². The van der Waals surface area contributed by atoms with Crippen LogP contribution in [-0.4, -0.2) is 16.8 Å². The molecule has 0 saturated carbocycles. The fourth-order valence-electron chi connectivity index (χ4n) is 2.00. The minimum absolute atomic E-state index is 0.0164. The fraction of sp³-hybridized carbons (Fsp3) is 0. The summed E-state index contributed by atoms with van der Waals surface area (Å²) in [5.74, 6) is -1.11. The average molecular weight is 312 g/mol. The molecule has 0 fully saturated rings. The van der Waals surface area contributed by atoms with E-state index in [0.29, 0.717) is 11.1 Å². The SMILES string of the molecule is O=C1OC(c2cccc(F)c2)=N/C1=C\c1ccc([N+](=O)[O-])cc1. The maximum atomic E-state index is 13.2. The van der Waals surface area contributed by atoms with Crippen LogP contribution < -0.4 is 0 Å². The number of hydrogen-bond donors (Lipinski definition) is 0. The first kappa shape index (κ1) is 14.6. The van der Waals surface area contributed by atoms with Crippen LogP contribution >= 0.6 is 0 Å². The number of benzene rings is 2. The molecule has 0 saturated heterocycles. The highest BCUT2D eigenvalue weighted by molar-refractivity contribution is 6.12. The number of carbonyl (C=O) groups is 1. The molecule has 2 aromatic rings. The molecule has 0 radical (unpaired) electrons. The lowest BCUT2D eigenvalue weighted by Crippen LogP contribution is -2.05. The highest BCUT2D eigenvalue weighted by atomic mass is 19.1. The second-order valence-electron chi connectivity index (χ2n) is 4.70. The molecule has 23 heavy (non-hydrogen) atoms. The molecule has 0 amide bonds. The van der Waals surface area contributed by atoms with Crippen molar-refractivity contribution in [1.29, 1.82) is 0 Å². The summed E-state index contributed by atoms with van der Waals surface area (Å²) in [6.45, 7) is 0. The Morgan fingerprint density at radius 3 is 2.57 bits per heavy atom. The molecule has 0 unspecified atom stereocenters. The second-order valence-corrected chi connectivity index (χ2v) is 4.70. The van der Waals surface area contributed by atoms with Crippen LogP contribution in [0.15, 0.2) is 59.2 Å². The molecule has 1 aliphatic rings. The Hall–Kier alpha value is -3.35. The highest BCUT2D eigenvalue weighted by Crippen LogP contribution is 2.20. The van der Waals surface area contributed by atoms with E-state index in [1.807, 2.05) is 0 Å². The second kappa shape index (κ2) is 5.80. The van der Waals surface area contributed by atoms with Crippen LogP contribution in [0.4, 0.5) is 10.1 Å². The van der Waals surface area contributed by atoms with Crippen LogP contribution in [0, 0.1) is 15.9 Å². The summed E-state index contributed by atoms with van der Waals surface area (Å²) in [6, 6.07) is 11.2. The molecule has 0 aliphatic carbocycles. The number of carbonyl (C=O) groups excluding carboxylic acids is 1. The lowest BCUT2D eigenvalue weighted by molar-refractivity contribution is -0.384. The summed E-state index contributed by atoms with van der Waals surface area (Å²) in [5.41, 5.74) is 0.903. The van der Waals surface area contributed by atoms with Gasteiger partial charge < -0.3 is 4.74 Å². The zero-order valence-corrected chi connectivity index (χ0v) is 11.6. The van der Waals surface area contributed by atoms with Gasteiger partial charge in [0.1, 0.15) is 5.82 Å². The van der Waals surface area contributed by atoms with Crippen LogP contribution in [0.2, 0.25) is 0 Å². The van der Waals surface area contributed by atoms with E-state index in [-0.39, 0.29) is 17.3 Å². The van der Waals surface area contributed by atoms with Crippen molar-refractivity contribution in [3.05, 3.63) is 81.3 Å². The predicted molar refractivity (Wildman–Crippen MR) is 80.1 cm³/mol. The Kier molecular flexibility index (Phi) is 3.68. The zero-order valence-electron chi connectivity index (χ0n) is 11.6. The van der Waals surface area contributed by atoms with E-state index in [4.69, 9.17) is 4.74 Å². The van der Waals surface area contributed by atoms with E-state index in [2.05, 4.69) is 4.99 Å². The summed E-state index contributed by atoms with van der Waals surface area (Å²) in [6.07, 6.45) is 1.44. The van der Waals surface area contributed by atoms with Crippen LogP contribution in [0.25, 0.3) is 6.08 Å². The first-order valence-electron chi connectivity index (χ1n) is 6.56. The van der Waals surface area contributed by atoms with Crippen molar-refractivity contribution in [3.8, 4) is 0 Å². The molecule has 0 spiro atoms. The van der Waals surface area contributed by atoms with Gasteiger partial charge >= 0.3 is 5.97 Å². The van der Waals surface area contributed by atoms with Gasteiger partial charge in [0, 0.05) is 17.7 Å². The van der Waals surface area contributed by atoms with E-state index in [1.54, 1.807) is 6.07 Å². The molecule has 7 heteroatoms. The van der Waals surface area contributed by atoms with Gasteiger partial charge in [-0.2, -0.15) is 0 Å². The Bertz CT molecular complexity index is 857. The summed E-state index contributed by atoms with van der Waals surface area (Å²) in [4.78, 5) is 25.9. The molecule has 0 N–H and O–H groups in total. The van der Waals surface area contributed by atoms with Crippen LogP contribution in [0.3, 0.4) is 0 Å². The maximum absolute atomic E-state index is 13.2. The van der Waals surface area contributed by atoms with E-state index in [1.165, 1.54) is 48.5 Å². The fourth-order valence-corrected chi connectivity index (χ4v) is 2.00. The van der Waals surface area contributed by atoms with Gasteiger partial charge in [0.15, 0.2) is 5.70 Å². The number of non-ortho nitro benzene ring substituents is 1. The van der Waals surface area contributed by atoms with Crippen molar-refractivity contribution in [2.24, 2.45) is 4.99 Å². The van der Waals surface area contributed by atoms with Gasteiger partial charge in [-0.15, -0.1) is 0 Å². The average Bonchev–Trinajstić information content (AvgIpc) is 2.89. The summed E-state index contributed by atoms with van der Waals surface area (Å²) >= 11 is 0. The summed E-state index contributed by atoms with van der Waals surface area (Å²) in [7, 11) is 0. The van der Waals surface area contributed by atoms with Crippen molar-refractivity contribution in [2.75, 3.05) is 0 Å². The molecule has 0 bridgehead atoms. The number of ether oxygens (including phenoxy) is 1. The minimum atomic E-state index is -0.664. The molecule has 0 aromatic heterocycles. The van der Waals surface area contributed by atoms with Crippen LogP contribution in [-0.2, 0) is 9.53 Å². The molecule has 1 aliphatic heterocycles. The van der Waals surface area contributed by atoms with Gasteiger partial charge in [-0.25, -0.2) is 14.2 Å². The van der Waals surface area contributed by atoms with Crippen molar-refractivity contribution in [1.82, 2.24) is 0 Å². The number of halogens is 1. The highest BCUT2D eigenvalue weighted by Gasteiger charge is 2.24. The number of cyclic esters (lactones) is 1. The molecule has 6 nitrogen and oxygen atoms in total. The van der Waals surface area contributed by atoms with E-state index in [0.717, 1.165) is 0 Å². The minimum Gasteiger partial charge on any atom is -0.402 e. The standard InChI is InChI=1S/C16H9FN2O4/c17-12-3-1-2-11(9-12)15-18-14(16(20)23-15)8-10-4-6-13(7-5-10)19(21)22/h1-9H/b14-8-. The van der Waals surface area contributed by atoms with E-state index >= 15 is 0 Å². The third-order valence-corrected chi connectivity index (χ3v) is 3.10. The third-order valence-electron chi connectivity index (χ3n) is 3.10. The van der Waals surface area contributed by atoms with Gasteiger partial charge in [0.25, 0.3) is 5.69 Å². The number of aliphatic imine (C=N–C) groups is 1. The smallest absolute Gasteiger partial charge is 0.363 e. The Morgan fingerprint density at radius 1 is 1.17 bits per heavy atom. The number of nitro groups is 1. The topological polar surface area (TPSA) is 81.8 Å². The first-order valence-corrected chi connectivity index (χ1v) is 6.56. The molecule has 2 aromatic carbocycles. The molecule has 3 rings (SSSR count). The largest absolute Gasteiger partial charge is 0.402 e. The Morgan fingerprint density at radius 2 is 1.91 bits per heavy atom. The van der Waals surface area contributed by atoms with Gasteiger partial charge in [-0.1, -0.05) is 6.07 Å². The number of hydrogen-bond acceptors (Lipinski definition) is 5. The summed E-state index contributed by atoms with van der Waals surface area (Å²) < 4.78 is 18.2. The van der Waals surface area contributed by atoms with E-state index in [9.17, 15) is 19.3 Å². The molecular formula is C16H9FN2O4. The molecule has 0 atom stereocenters. The Balaban J connectivity index is 1.90. The number of rotatable bonds is 3. The maximum Gasteiger partial charge on any atom is 0.363 e. The molecule has 1 heterocycles. The number of nitro benzene ring substituents is 1. The zero-order chi connectivity index (χ0) is 16.4. The monoisotopic (exact) mass is 312 g/mol. The third kappa shape index (κ3) is 3.13. The predicted octanol–water partition coefficient (Wildman–Crippen LogP) is 3.08. The van der Waals surface area contributed by atoms with Crippen molar-refractivity contribution < 1.29 is 18.8 Å². The van der Waals surface area contributed by atoms with Gasteiger partial charge in [-0.05, 0) is 42.0 Å². The van der Waals surface area contributed by atoms with Gasteiger partial charge in [0.05, 0.1) is 4.92 Å². The van der Waals surface area contributed by atoms with Gasteiger partial charge in [0.2, 0.25) is 5.90 Å². The number of nitrogens with zero attached hydrogens (tertiary/aromatic N) is 2. The van der Waals surface area contributed by atoms with Crippen LogP contribution in [0.5, 0.6) is 0 Å². The summed E-state index contributed by atoms with van der Waals surface area (Å²) in [5, 5.41) is 10.6. The first-order chi connectivity index (χ1) is 11.0. The van der Waals surface area contributed by atoms with E-state index < -0.39 is 16.7 Å². The van der Waals surface area contributed by atoms with Gasteiger partial charge in [-0.3, -0.25) is 10.1 Å². The van der Waals surface area contributed by atoms with Crippen molar-refractivity contribution >= 4 is 23.6 Å². The number of esters is 1. The lowest BCUT2D eigenvalue weighted by atomic mass is 10.2. The van der Waals surface area contributed by atoms with Crippen molar-refractivity contribution in [2.45, 2.75) is 0 Å². The normalized spacial score (nSPS) is 15.4. The molecule has 114 valence electrons. The Labute approximate surface area is 129 Å². The van der Waals surface area contributed by atoms with Crippen molar-refractivity contribution in [3.63, 3.8) is 0 Å². The molecular weight excluding hydrogens is 303 g/mol. The lowest BCUT2D eigenvalue weighted by Gasteiger charge is -1.98. The quantitative estimate of drug-likeness (QED) is 0.377.